The lowest BCUT2D eigenvalue weighted by Crippen LogP contribution is -2.47. The number of nitrogens with one attached hydrogen (secondary N) is 1. The molecule has 0 aliphatic carbocycles. The highest BCUT2D eigenvalue weighted by Crippen LogP contribution is 2.21. The van der Waals surface area contributed by atoms with Crippen molar-refractivity contribution in [3.05, 3.63) is 42.1 Å². The molecule has 0 saturated carbocycles. The molecule has 0 radical (unpaired) electrons. The van der Waals surface area contributed by atoms with Crippen molar-refractivity contribution in [1.82, 2.24) is 15.2 Å². The molecule has 4 rings (SSSR count). The van der Waals surface area contributed by atoms with Crippen molar-refractivity contribution >= 4 is 43.5 Å². The maximum atomic E-state index is 12.6. The minimum Gasteiger partial charge on any atom is -0.444 e. The number of nitrogens with zero attached hydrogens (tertiary/aromatic N) is 3. The molecule has 1 aromatic carbocycles. The van der Waals surface area contributed by atoms with Crippen molar-refractivity contribution in [2.24, 2.45) is 5.16 Å². The van der Waals surface area contributed by atoms with Crippen molar-refractivity contribution in [2.45, 2.75) is 37.7 Å². The zero-order valence-corrected chi connectivity index (χ0v) is 17.6. The summed E-state index contributed by atoms with van der Waals surface area (Å²) in [5, 5.41) is 17.5. The van der Waals surface area contributed by atoms with Crippen LogP contribution in [0.15, 0.2) is 41.7 Å². The van der Waals surface area contributed by atoms with Crippen LogP contribution in [0.4, 0.5) is 4.79 Å². The van der Waals surface area contributed by atoms with Crippen LogP contribution in [0, 0.1) is 0 Å². The fourth-order valence-corrected chi connectivity index (χ4v) is 3.97. The molecular formula is C20H21BrN4O5. The van der Waals surface area contributed by atoms with Gasteiger partial charge in [0.15, 0.2) is 6.10 Å². The van der Waals surface area contributed by atoms with Gasteiger partial charge in [-0.3, -0.25) is 14.7 Å². The van der Waals surface area contributed by atoms with Crippen LogP contribution in [-0.4, -0.2) is 63.0 Å². The zero-order chi connectivity index (χ0) is 21.1. The van der Waals surface area contributed by atoms with Gasteiger partial charge in [0.05, 0.1) is 24.7 Å². The normalized spacial score (nSPS) is 23.2. The summed E-state index contributed by atoms with van der Waals surface area (Å²) in [5.74, 6) is -0.359. The molecule has 1 saturated heterocycles. The minimum absolute atomic E-state index is 0.0267. The molecule has 9 nitrogen and oxygen atoms in total. The van der Waals surface area contributed by atoms with Crippen LogP contribution < -0.4 is 5.32 Å². The molecule has 1 aromatic heterocycles. The Balaban J connectivity index is 1.33. The number of hydrogen-bond acceptors (Lipinski definition) is 7. The molecular weight excluding hydrogens is 456 g/mol. The first kappa shape index (κ1) is 20.5. The Bertz CT molecular complexity index is 985. The summed E-state index contributed by atoms with van der Waals surface area (Å²) >= 11 is 3.24. The van der Waals surface area contributed by atoms with Crippen LogP contribution in [-0.2, 0) is 21.0 Å². The van der Waals surface area contributed by atoms with Crippen LogP contribution in [0.3, 0.4) is 0 Å². The van der Waals surface area contributed by atoms with E-state index in [0.29, 0.717) is 11.0 Å². The number of benzene rings is 1. The van der Waals surface area contributed by atoms with Gasteiger partial charge in [-0.15, -0.1) is 0 Å². The number of hydrogen-bond donors (Lipinski definition) is 2. The largest absolute Gasteiger partial charge is 0.444 e. The second kappa shape index (κ2) is 8.97. The third kappa shape index (κ3) is 4.71. The lowest BCUT2D eigenvalue weighted by atomic mass is 10.2. The second-order valence-electron chi connectivity index (χ2n) is 7.29. The Morgan fingerprint density at radius 2 is 2.20 bits per heavy atom. The monoisotopic (exact) mass is 476 g/mol. The van der Waals surface area contributed by atoms with Crippen molar-refractivity contribution in [2.75, 3.05) is 13.1 Å². The molecule has 10 heteroatoms. The number of pyridine rings is 1. The molecule has 2 N–H and O–H groups in total. The van der Waals surface area contributed by atoms with E-state index in [4.69, 9.17) is 9.57 Å². The maximum Gasteiger partial charge on any atom is 0.410 e. The van der Waals surface area contributed by atoms with Gasteiger partial charge >= 0.3 is 6.09 Å². The third-order valence-electron chi connectivity index (χ3n) is 5.03. The van der Waals surface area contributed by atoms with E-state index in [1.54, 1.807) is 6.20 Å². The molecule has 2 aromatic rings. The van der Waals surface area contributed by atoms with Crippen LogP contribution in [0.2, 0.25) is 0 Å². The van der Waals surface area contributed by atoms with Gasteiger partial charge < -0.3 is 20.0 Å². The van der Waals surface area contributed by atoms with E-state index in [9.17, 15) is 14.7 Å². The highest BCUT2D eigenvalue weighted by Gasteiger charge is 2.40. The Morgan fingerprint density at radius 3 is 3.00 bits per heavy atom. The SMILES string of the molecule is O=C(NCC1CC(Br)=NO1)[C@@H]1C[C@H](O)CN1C(=O)OCc1cnc2ccccc2c1. The predicted octanol–water partition coefficient (Wildman–Crippen LogP) is 1.92. The molecule has 30 heavy (non-hydrogen) atoms. The summed E-state index contributed by atoms with van der Waals surface area (Å²) in [6.45, 7) is 0.329. The van der Waals surface area contributed by atoms with Gasteiger partial charge in [0.1, 0.15) is 17.3 Å². The Kier molecular flexibility index (Phi) is 6.14. The number of amides is 2. The van der Waals surface area contributed by atoms with Crippen LogP contribution in [0.5, 0.6) is 0 Å². The number of carbonyl (C=O) groups excluding carboxylic acids is 2. The molecule has 3 heterocycles. The molecule has 158 valence electrons. The minimum atomic E-state index is -0.798. The predicted molar refractivity (Wildman–Crippen MR) is 112 cm³/mol. The third-order valence-corrected chi connectivity index (χ3v) is 5.50. The van der Waals surface area contributed by atoms with Crippen molar-refractivity contribution in [1.29, 1.82) is 0 Å². The van der Waals surface area contributed by atoms with E-state index < -0.39 is 18.2 Å². The number of carbonyl (C=O) groups is 2. The number of aliphatic hydroxyl groups excluding tert-OH is 1. The summed E-state index contributed by atoms with van der Waals surface area (Å²) < 4.78 is 6.07. The van der Waals surface area contributed by atoms with Crippen molar-refractivity contribution < 1.29 is 24.3 Å². The molecule has 2 amide bonds. The average Bonchev–Trinajstić information content (AvgIpc) is 3.35. The maximum absolute atomic E-state index is 12.6. The number of aliphatic hydroxyl groups is 1. The number of para-hydroxylation sites is 1. The number of oxime groups is 1. The number of rotatable bonds is 5. The number of halogens is 1. The Morgan fingerprint density at radius 1 is 1.37 bits per heavy atom. The van der Waals surface area contributed by atoms with Crippen LogP contribution in [0.25, 0.3) is 10.9 Å². The van der Waals surface area contributed by atoms with E-state index in [2.05, 4.69) is 31.4 Å². The second-order valence-corrected chi connectivity index (χ2v) is 8.21. The van der Waals surface area contributed by atoms with Gasteiger partial charge in [0.25, 0.3) is 0 Å². The Hall–Kier alpha value is -2.72. The molecule has 2 aliphatic rings. The number of β-amino-alcohol motifs (C(OH)–C–C–N with tert-alkyl or cyclic N) is 1. The van der Waals surface area contributed by atoms with E-state index in [-0.39, 0.29) is 38.1 Å². The first-order valence-corrected chi connectivity index (χ1v) is 10.4. The smallest absolute Gasteiger partial charge is 0.410 e. The highest BCUT2D eigenvalue weighted by atomic mass is 79.9. The standard InChI is InChI=1S/C20H21BrN4O5/c21-18-7-15(30-24-18)9-23-19(27)17-6-14(26)10-25(17)20(28)29-11-12-5-13-3-1-2-4-16(13)22-8-12/h1-5,8,14-15,17,26H,6-7,9-11H2,(H,23,27)/t14-,15?,17-/m0/s1. The van der Waals surface area contributed by atoms with E-state index >= 15 is 0 Å². The van der Waals surface area contributed by atoms with Crippen LogP contribution in [0.1, 0.15) is 18.4 Å². The average molecular weight is 477 g/mol. The molecule has 1 unspecified atom stereocenters. The summed E-state index contributed by atoms with van der Waals surface area (Å²) in [6, 6.07) is 8.76. The van der Waals surface area contributed by atoms with Crippen molar-refractivity contribution in [3.63, 3.8) is 0 Å². The first-order chi connectivity index (χ1) is 14.5. The van der Waals surface area contributed by atoms with Gasteiger partial charge in [-0.2, -0.15) is 0 Å². The summed E-state index contributed by atoms with van der Waals surface area (Å²) in [4.78, 5) is 35.9. The number of fused-ring (bicyclic) bond motifs is 1. The van der Waals surface area contributed by atoms with E-state index in [1.807, 2.05) is 30.3 Å². The number of likely N-dealkylation sites (tertiary alicyclic amines) is 1. The van der Waals surface area contributed by atoms with Gasteiger partial charge in [0, 0.05) is 30.0 Å². The number of ether oxygens (including phenoxy) is 1. The number of aromatic nitrogens is 1. The van der Waals surface area contributed by atoms with Crippen molar-refractivity contribution in [3.8, 4) is 0 Å². The fraction of sp³-hybridized carbons (Fsp3) is 0.400. The molecule has 1 fully saturated rings. The molecule has 3 atom stereocenters. The van der Waals surface area contributed by atoms with Gasteiger partial charge in [-0.25, -0.2) is 4.79 Å². The quantitative estimate of drug-likeness (QED) is 0.681. The summed E-state index contributed by atoms with van der Waals surface area (Å²) in [6.07, 6.45) is 0.693. The van der Waals surface area contributed by atoms with E-state index in [0.717, 1.165) is 16.5 Å². The Labute approximate surface area is 181 Å². The van der Waals surface area contributed by atoms with Gasteiger partial charge in [-0.1, -0.05) is 23.4 Å². The molecule has 2 aliphatic heterocycles. The zero-order valence-electron chi connectivity index (χ0n) is 16.0. The van der Waals surface area contributed by atoms with Gasteiger partial charge in [-0.05, 0) is 28.1 Å². The van der Waals surface area contributed by atoms with E-state index in [1.165, 1.54) is 4.90 Å². The topological polar surface area (TPSA) is 113 Å². The molecule has 0 spiro atoms. The fourth-order valence-electron chi connectivity index (χ4n) is 3.52. The lowest BCUT2D eigenvalue weighted by molar-refractivity contribution is -0.125. The van der Waals surface area contributed by atoms with Crippen LogP contribution >= 0.6 is 15.9 Å². The molecule has 0 bridgehead atoms. The summed E-state index contributed by atoms with van der Waals surface area (Å²) in [7, 11) is 0. The van der Waals surface area contributed by atoms with Gasteiger partial charge in [0.2, 0.25) is 5.91 Å². The first-order valence-electron chi connectivity index (χ1n) is 9.60. The summed E-state index contributed by atoms with van der Waals surface area (Å²) in [5.41, 5.74) is 1.60. The lowest BCUT2D eigenvalue weighted by Gasteiger charge is -2.23. The highest BCUT2D eigenvalue weighted by molar-refractivity contribution is 9.18.